The van der Waals surface area contributed by atoms with Crippen LogP contribution in [0.1, 0.15) is 23.0 Å². The van der Waals surface area contributed by atoms with Gasteiger partial charge in [0, 0.05) is 11.3 Å². The number of carbonyl (C=O) groups excluding carboxylic acids is 1. The van der Waals surface area contributed by atoms with E-state index < -0.39 is 5.25 Å². The lowest BCUT2D eigenvalue weighted by Crippen LogP contribution is -2.15. The van der Waals surface area contributed by atoms with Crippen LogP contribution in [0.25, 0.3) is 17.1 Å². The number of para-hydroxylation sites is 1. The molecule has 0 aliphatic rings. The van der Waals surface area contributed by atoms with Gasteiger partial charge in [0.2, 0.25) is 0 Å². The smallest absolute Gasteiger partial charge is 0.196 e. The molecule has 0 aliphatic carbocycles. The number of aromatic nitrogens is 3. The topological polar surface area (TPSA) is 79.4 Å². The maximum atomic E-state index is 13.2. The van der Waals surface area contributed by atoms with Crippen LogP contribution < -0.4 is 9.47 Å². The summed E-state index contributed by atoms with van der Waals surface area (Å²) in [5, 5.41) is 9.03. The second kappa shape index (κ2) is 9.32. The molecule has 0 aliphatic heterocycles. The van der Waals surface area contributed by atoms with Crippen LogP contribution in [0.4, 0.5) is 0 Å². The van der Waals surface area contributed by atoms with Crippen molar-refractivity contribution >= 4 is 17.5 Å². The third-order valence-corrected chi connectivity index (χ3v) is 6.11. The van der Waals surface area contributed by atoms with Crippen molar-refractivity contribution in [2.75, 3.05) is 14.2 Å². The van der Waals surface area contributed by atoms with Crippen molar-refractivity contribution < 1.29 is 18.7 Å². The molecule has 1 atom stereocenters. The van der Waals surface area contributed by atoms with E-state index in [0.29, 0.717) is 28.0 Å². The van der Waals surface area contributed by atoms with Crippen LogP contribution in [0.15, 0.2) is 70.4 Å². The number of Topliss-reactive ketones (excluding diaryl/α,β-unsaturated/α-hetero) is 1. The molecule has 4 rings (SSSR count). The molecule has 7 nitrogen and oxygen atoms in total. The molecule has 0 saturated heterocycles. The Morgan fingerprint density at radius 2 is 1.78 bits per heavy atom. The Balaban J connectivity index is 1.68. The molecule has 164 valence electrons. The first kappa shape index (κ1) is 21.7. The number of benzene rings is 2. The molecular weight excluding hydrogens is 426 g/mol. The van der Waals surface area contributed by atoms with E-state index in [1.54, 1.807) is 38.7 Å². The third kappa shape index (κ3) is 4.13. The van der Waals surface area contributed by atoms with Gasteiger partial charge >= 0.3 is 0 Å². The van der Waals surface area contributed by atoms with Crippen molar-refractivity contribution in [1.29, 1.82) is 0 Å². The summed E-state index contributed by atoms with van der Waals surface area (Å²) in [5.74, 6) is 2.46. The minimum absolute atomic E-state index is 0.0420. The van der Waals surface area contributed by atoms with Gasteiger partial charge in [-0.2, -0.15) is 0 Å². The lowest BCUT2D eigenvalue weighted by atomic mass is 10.1. The zero-order valence-electron chi connectivity index (χ0n) is 18.2. The summed E-state index contributed by atoms with van der Waals surface area (Å²) in [7, 11) is 3.11. The van der Waals surface area contributed by atoms with Gasteiger partial charge in [-0.05, 0) is 50.2 Å². The van der Waals surface area contributed by atoms with E-state index in [9.17, 15) is 4.79 Å². The SMILES string of the molecule is COc1ccc(C(=O)C(C)Sc2nnc(-c3ccoc3C)n2-c2ccccc2)cc1OC. The Hall–Kier alpha value is -3.52. The maximum Gasteiger partial charge on any atom is 0.196 e. The Bertz CT molecular complexity index is 1230. The van der Waals surface area contributed by atoms with Gasteiger partial charge in [0.25, 0.3) is 0 Å². The molecule has 0 spiro atoms. The fourth-order valence-electron chi connectivity index (χ4n) is 3.38. The van der Waals surface area contributed by atoms with Crippen LogP contribution in [-0.4, -0.2) is 40.0 Å². The van der Waals surface area contributed by atoms with Crippen LogP contribution in [0.3, 0.4) is 0 Å². The Morgan fingerprint density at radius 1 is 1.03 bits per heavy atom. The molecule has 0 saturated carbocycles. The standard InChI is InChI=1S/C24H23N3O4S/c1-15-19(12-13-31-15)23-25-26-24(27(23)18-8-6-5-7-9-18)32-16(2)22(28)17-10-11-20(29-3)21(14-17)30-4/h5-14,16H,1-4H3. The molecule has 0 bridgehead atoms. The summed E-state index contributed by atoms with van der Waals surface area (Å²) in [4.78, 5) is 13.2. The number of thioether (sulfide) groups is 1. The molecule has 0 fully saturated rings. The number of nitrogens with zero attached hydrogens (tertiary/aromatic N) is 3. The molecule has 0 radical (unpaired) electrons. The summed E-state index contributed by atoms with van der Waals surface area (Å²) in [6, 6.07) is 16.8. The maximum absolute atomic E-state index is 13.2. The first-order valence-corrected chi connectivity index (χ1v) is 10.9. The number of aryl methyl sites for hydroxylation is 1. The van der Waals surface area contributed by atoms with E-state index in [-0.39, 0.29) is 5.78 Å². The number of hydrogen-bond donors (Lipinski definition) is 0. The van der Waals surface area contributed by atoms with Crippen molar-refractivity contribution in [3.63, 3.8) is 0 Å². The van der Waals surface area contributed by atoms with Crippen LogP contribution in [-0.2, 0) is 0 Å². The van der Waals surface area contributed by atoms with Gasteiger partial charge in [-0.1, -0.05) is 30.0 Å². The average molecular weight is 450 g/mol. The summed E-state index contributed by atoms with van der Waals surface area (Å²) in [5.41, 5.74) is 2.30. The fourth-order valence-corrected chi connectivity index (χ4v) is 4.33. The van der Waals surface area contributed by atoms with Crippen molar-refractivity contribution in [2.45, 2.75) is 24.3 Å². The minimum atomic E-state index is -0.405. The number of hydrogen-bond acceptors (Lipinski definition) is 7. The van der Waals surface area contributed by atoms with Gasteiger partial charge in [0.05, 0.1) is 31.3 Å². The van der Waals surface area contributed by atoms with E-state index in [1.807, 2.05) is 54.8 Å². The second-order valence-corrected chi connectivity index (χ2v) is 8.37. The molecule has 2 heterocycles. The zero-order chi connectivity index (χ0) is 22.7. The van der Waals surface area contributed by atoms with Crippen LogP contribution >= 0.6 is 11.8 Å². The van der Waals surface area contributed by atoms with Crippen molar-refractivity contribution in [3.05, 3.63) is 72.2 Å². The number of rotatable bonds is 8. The molecule has 32 heavy (non-hydrogen) atoms. The Labute approximate surface area is 190 Å². The van der Waals surface area contributed by atoms with Crippen LogP contribution in [0.5, 0.6) is 11.5 Å². The highest BCUT2D eigenvalue weighted by Gasteiger charge is 2.24. The first-order valence-electron chi connectivity index (χ1n) is 10.0. The van der Waals surface area contributed by atoms with Gasteiger partial charge in [-0.15, -0.1) is 10.2 Å². The summed E-state index contributed by atoms with van der Waals surface area (Å²) in [6.45, 7) is 3.74. The number of methoxy groups -OCH3 is 2. The molecule has 1 unspecified atom stereocenters. The summed E-state index contributed by atoms with van der Waals surface area (Å²) in [6.07, 6.45) is 1.63. The van der Waals surface area contributed by atoms with E-state index in [1.165, 1.54) is 11.8 Å². The number of furan rings is 1. The van der Waals surface area contributed by atoms with Crippen LogP contribution in [0, 0.1) is 6.92 Å². The molecule has 4 aromatic rings. The third-order valence-electron chi connectivity index (χ3n) is 5.07. The van der Waals surface area contributed by atoms with Crippen molar-refractivity contribution in [2.24, 2.45) is 0 Å². The first-order chi connectivity index (χ1) is 15.5. The molecule has 2 aromatic heterocycles. The number of ether oxygens (including phenoxy) is 2. The normalized spacial score (nSPS) is 11.9. The lowest BCUT2D eigenvalue weighted by Gasteiger charge is -2.14. The van der Waals surface area contributed by atoms with Gasteiger partial charge in [-0.3, -0.25) is 9.36 Å². The van der Waals surface area contributed by atoms with E-state index in [4.69, 9.17) is 13.9 Å². The summed E-state index contributed by atoms with van der Waals surface area (Å²) >= 11 is 1.35. The van der Waals surface area contributed by atoms with Crippen molar-refractivity contribution in [3.8, 4) is 28.6 Å². The van der Waals surface area contributed by atoms with Gasteiger partial charge in [-0.25, -0.2) is 0 Å². The Morgan fingerprint density at radius 3 is 2.44 bits per heavy atom. The molecule has 8 heteroatoms. The number of ketones is 1. The highest BCUT2D eigenvalue weighted by molar-refractivity contribution is 8.00. The number of carbonyl (C=O) groups is 1. The zero-order valence-corrected chi connectivity index (χ0v) is 19.1. The minimum Gasteiger partial charge on any atom is -0.493 e. The predicted octanol–water partition coefficient (Wildman–Crippen LogP) is 5.22. The van der Waals surface area contributed by atoms with E-state index in [2.05, 4.69) is 10.2 Å². The molecule has 0 amide bonds. The van der Waals surface area contributed by atoms with Gasteiger partial charge in [0.15, 0.2) is 28.3 Å². The largest absolute Gasteiger partial charge is 0.493 e. The highest BCUT2D eigenvalue weighted by Crippen LogP contribution is 2.34. The van der Waals surface area contributed by atoms with Crippen molar-refractivity contribution in [1.82, 2.24) is 14.8 Å². The second-order valence-electron chi connectivity index (χ2n) is 7.06. The average Bonchev–Trinajstić information content (AvgIpc) is 3.44. The monoisotopic (exact) mass is 449 g/mol. The quantitative estimate of drug-likeness (QED) is 0.270. The lowest BCUT2D eigenvalue weighted by molar-refractivity contribution is 0.0993. The molecule has 0 N–H and O–H groups in total. The highest BCUT2D eigenvalue weighted by atomic mass is 32.2. The predicted molar refractivity (Wildman–Crippen MR) is 123 cm³/mol. The fraction of sp³-hybridized carbons (Fsp3) is 0.208. The van der Waals surface area contributed by atoms with E-state index >= 15 is 0 Å². The Kier molecular flexibility index (Phi) is 6.32. The van der Waals surface area contributed by atoms with Gasteiger partial charge < -0.3 is 13.9 Å². The van der Waals surface area contributed by atoms with Gasteiger partial charge in [0.1, 0.15) is 5.76 Å². The van der Waals surface area contributed by atoms with Crippen LogP contribution in [0.2, 0.25) is 0 Å². The molecule has 2 aromatic carbocycles. The summed E-state index contributed by atoms with van der Waals surface area (Å²) < 4.78 is 18.0. The van der Waals surface area contributed by atoms with E-state index in [0.717, 1.165) is 17.0 Å². The molecular formula is C24H23N3O4S.